The van der Waals surface area contributed by atoms with Gasteiger partial charge in [0.15, 0.2) is 6.29 Å². The molecule has 4 atom stereocenters. The second-order valence-electron chi connectivity index (χ2n) is 7.40. The maximum absolute atomic E-state index is 6.52. The summed E-state index contributed by atoms with van der Waals surface area (Å²) in [6.45, 7) is 9.50. The summed E-state index contributed by atoms with van der Waals surface area (Å²) in [5.74, 6) is 2.50. The van der Waals surface area contributed by atoms with Crippen LogP contribution in [0.2, 0.25) is 0 Å². The van der Waals surface area contributed by atoms with E-state index in [1.165, 1.54) is 25.7 Å². The highest BCUT2D eigenvalue weighted by atomic mass is 16.7. The Morgan fingerprint density at radius 2 is 1.75 bits per heavy atom. The van der Waals surface area contributed by atoms with E-state index in [4.69, 9.17) is 14.2 Å². The lowest BCUT2D eigenvalue weighted by Crippen LogP contribution is -2.58. The predicted octanol–water partition coefficient (Wildman–Crippen LogP) is 3.62. The van der Waals surface area contributed by atoms with E-state index in [9.17, 15) is 0 Å². The predicted molar refractivity (Wildman–Crippen MR) is 78.4 cm³/mol. The first-order valence-electron chi connectivity index (χ1n) is 8.50. The molecule has 0 aromatic rings. The summed E-state index contributed by atoms with van der Waals surface area (Å²) in [6.07, 6.45) is 6.13. The minimum Gasteiger partial charge on any atom is -0.374 e. The van der Waals surface area contributed by atoms with E-state index >= 15 is 0 Å². The molecule has 3 aliphatic rings. The summed E-state index contributed by atoms with van der Waals surface area (Å²) in [4.78, 5) is 0. The molecule has 2 aliphatic heterocycles. The fraction of sp³-hybridized carbons (Fsp3) is 1.00. The lowest BCUT2D eigenvalue weighted by molar-refractivity contribution is -0.242. The van der Waals surface area contributed by atoms with Crippen LogP contribution < -0.4 is 0 Å². The van der Waals surface area contributed by atoms with Crippen LogP contribution >= 0.6 is 0 Å². The minimum absolute atomic E-state index is 0.000903. The smallest absolute Gasteiger partial charge is 0.163 e. The first-order chi connectivity index (χ1) is 9.63. The van der Waals surface area contributed by atoms with E-state index in [-0.39, 0.29) is 11.9 Å². The van der Waals surface area contributed by atoms with Crippen LogP contribution in [0.4, 0.5) is 0 Å². The molecule has 2 heterocycles. The van der Waals surface area contributed by atoms with Crippen LogP contribution in [0.1, 0.15) is 52.9 Å². The molecule has 116 valence electrons. The van der Waals surface area contributed by atoms with Crippen molar-refractivity contribution < 1.29 is 14.2 Å². The largest absolute Gasteiger partial charge is 0.374 e. The van der Waals surface area contributed by atoms with Crippen LogP contribution in [0, 0.1) is 23.7 Å². The van der Waals surface area contributed by atoms with Gasteiger partial charge in [-0.1, -0.05) is 27.2 Å². The second kappa shape index (κ2) is 5.94. The van der Waals surface area contributed by atoms with E-state index in [1.807, 2.05) is 0 Å². The molecule has 0 amide bonds. The highest BCUT2D eigenvalue weighted by Gasteiger charge is 2.55. The molecule has 0 radical (unpaired) electrons. The summed E-state index contributed by atoms with van der Waals surface area (Å²) in [7, 11) is 0. The summed E-state index contributed by atoms with van der Waals surface area (Å²) >= 11 is 0. The first kappa shape index (κ1) is 14.8. The first-order valence-corrected chi connectivity index (χ1v) is 8.50. The van der Waals surface area contributed by atoms with E-state index in [1.54, 1.807) is 0 Å². The maximum Gasteiger partial charge on any atom is 0.163 e. The zero-order valence-electron chi connectivity index (χ0n) is 13.3. The van der Waals surface area contributed by atoms with Gasteiger partial charge in [-0.3, -0.25) is 0 Å². The summed E-state index contributed by atoms with van der Waals surface area (Å²) in [5, 5.41) is 0. The van der Waals surface area contributed by atoms with Gasteiger partial charge in [0.05, 0.1) is 18.8 Å². The molecule has 3 rings (SSSR count). The van der Waals surface area contributed by atoms with Crippen molar-refractivity contribution >= 4 is 0 Å². The van der Waals surface area contributed by atoms with Gasteiger partial charge in [0.2, 0.25) is 0 Å². The quantitative estimate of drug-likeness (QED) is 0.774. The maximum atomic E-state index is 6.52. The molecule has 0 aromatic heterocycles. The molecule has 3 heteroatoms. The van der Waals surface area contributed by atoms with Crippen molar-refractivity contribution in [2.45, 2.75) is 64.8 Å². The number of hydrogen-bond acceptors (Lipinski definition) is 3. The molecule has 1 aliphatic carbocycles. The van der Waals surface area contributed by atoms with Crippen molar-refractivity contribution in [3.05, 3.63) is 0 Å². The van der Waals surface area contributed by atoms with Gasteiger partial charge in [-0.05, 0) is 43.4 Å². The van der Waals surface area contributed by atoms with Crippen LogP contribution in [0.5, 0.6) is 0 Å². The Hall–Kier alpha value is -0.120. The van der Waals surface area contributed by atoms with Gasteiger partial charge in [-0.2, -0.15) is 0 Å². The van der Waals surface area contributed by atoms with Crippen LogP contribution in [0.15, 0.2) is 0 Å². The topological polar surface area (TPSA) is 27.7 Å². The van der Waals surface area contributed by atoms with E-state index in [0.717, 1.165) is 32.2 Å². The van der Waals surface area contributed by atoms with Gasteiger partial charge < -0.3 is 14.2 Å². The zero-order valence-corrected chi connectivity index (χ0v) is 13.3. The molecule has 2 saturated heterocycles. The highest BCUT2D eigenvalue weighted by molar-refractivity contribution is 5.02. The number of rotatable bonds is 2. The standard InChI is InChI=1S/C17H30O3/c1-12(2)14-7-6-13(3)11-17(14)15(5-4-8-20-17)16-18-9-10-19-16/h12-16H,4-11H2,1-3H3/t13?,14?,15-,17?/m0/s1. The van der Waals surface area contributed by atoms with Crippen molar-refractivity contribution in [2.24, 2.45) is 23.7 Å². The monoisotopic (exact) mass is 282 g/mol. The fourth-order valence-electron chi connectivity index (χ4n) is 4.89. The molecular weight excluding hydrogens is 252 g/mol. The SMILES string of the molecule is CC1CCC(C(C)C)C2(C1)OCCC[C@H]2C1OCCO1. The third-order valence-electron chi connectivity index (χ3n) is 5.70. The summed E-state index contributed by atoms with van der Waals surface area (Å²) < 4.78 is 18.3. The van der Waals surface area contributed by atoms with Crippen molar-refractivity contribution in [1.29, 1.82) is 0 Å². The van der Waals surface area contributed by atoms with E-state index < -0.39 is 0 Å². The van der Waals surface area contributed by atoms with E-state index in [2.05, 4.69) is 20.8 Å². The molecule has 3 nitrogen and oxygen atoms in total. The van der Waals surface area contributed by atoms with Gasteiger partial charge in [-0.25, -0.2) is 0 Å². The Bertz CT molecular complexity index is 324. The molecule has 20 heavy (non-hydrogen) atoms. The van der Waals surface area contributed by atoms with Crippen molar-refractivity contribution in [3.63, 3.8) is 0 Å². The molecule has 1 spiro atoms. The van der Waals surface area contributed by atoms with Gasteiger partial charge in [0.1, 0.15) is 0 Å². The molecule has 3 unspecified atom stereocenters. The van der Waals surface area contributed by atoms with E-state index in [0.29, 0.717) is 17.8 Å². The van der Waals surface area contributed by atoms with Gasteiger partial charge >= 0.3 is 0 Å². The van der Waals surface area contributed by atoms with Gasteiger partial charge in [-0.15, -0.1) is 0 Å². The van der Waals surface area contributed by atoms with Crippen molar-refractivity contribution in [2.75, 3.05) is 19.8 Å². The molecule has 0 N–H and O–H groups in total. The number of hydrogen-bond donors (Lipinski definition) is 0. The van der Waals surface area contributed by atoms with Crippen LogP contribution in [-0.4, -0.2) is 31.7 Å². The Labute approximate surface area is 123 Å². The third-order valence-corrected chi connectivity index (χ3v) is 5.70. The molecule has 1 saturated carbocycles. The Morgan fingerprint density at radius 3 is 2.45 bits per heavy atom. The number of ether oxygens (including phenoxy) is 3. The summed E-state index contributed by atoms with van der Waals surface area (Å²) in [5.41, 5.74) is -0.000903. The summed E-state index contributed by atoms with van der Waals surface area (Å²) in [6, 6.07) is 0. The van der Waals surface area contributed by atoms with Crippen molar-refractivity contribution in [3.8, 4) is 0 Å². The normalized spacial score (nSPS) is 43.5. The average molecular weight is 282 g/mol. The molecule has 0 aromatic carbocycles. The average Bonchev–Trinajstić information content (AvgIpc) is 2.92. The third kappa shape index (κ3) is 2.53. The minimum atomic E-state index is -0.0261. The highest BCUT2D eigenvalue weighted by Crippen LogP contribution is 2.52. The van der Waals surface area contributed by atoms with Crippen LogP contribution in [0.25, 0.3) is 0 Å². The molecular formula is C17H30O3. The second-order valence-corrected chi connectivity index (χ2v) is 7.40. The molecule has 3 fully saturated rings. The van der Waals surface area contributed by atoms with Crippen molar-refractivity contribution in [1.82, 2.24) is 0 Å². The Kier molecular flexibility index (Phi) is 4.40. The fourth-order valence-corrected chi connectivity index (χ4v) is 4.89. The lowest BCUT2D eigenvalue weighted by Gasteiger charge is -2.55. The zero-order chi connectivity index (χ0) is 14.2. The van der Waals surface area contributed by atoms with Gasteiger partial charge in [0.25, 0.3) is 0 Å². The van der Waals surface area contributed by atoms with Crippen LogP contribution in [-0.2, 0) is 14.2 Å². The lowest BCUT2D eigenvalue weighted by atomic mass is 9.60. The Morgan fingerprint density at radius 1 is 1.00 bits per heavy atom. The Balaban J connectivity index is 1.89. The van der Waals surface area contributed by atoms with Crippen LogP contribution in [0.3, 0.4) is 0 Å². The molecule has 0 bridgehead atoms. The van der Waals surface area contributed by atoms with Gasteiger partial charge in [0, 0.05) is 12.5 Å².